The van der Waals surface area contributed by atoms with Crippen LogP contribution in [0.1, 0.15) is 17.5 Å². The molecule has 1 aromatic heterocycles. The lowest BCUT2D eigenvalue weighted by Gasteiger charge is -2.14. The summed E-state index contributed by atoms with van der Waals surface area (Å²) in [6.45, 7) is 1.67. The highest BCUT2D eigenvalue weighted by Crippen LogP contribution is 2.15. The number of rotatable bonds is 3. The molecule has 0 aromatic carbocycles. The van der Waals surface area contributed by atoms with Crippen LogP contribution in [-0.2, 0) is 9.47 Å². The largest absolute Gasteiger partial charge is 0.350 e. The standard InChI is InChI=1S/C8H12N2O3S/c1-4-5(7(12-2)13-3)9-8(14)10-6(4)11/h7H,1-3H3,(H2,9,10,11,14). The van der Waals surface area contributed by atoms with E-state index in [1.54, 1.807) is 6.92 Å². The summed E-state index contributed by atoms with van der Waals surface area (Å²) >= 11 is 4.84. The molecule has 0 unspecified atom stereocenters. The Labute approximate surface area is 86.1 Å². The lowest BCUT2D eigenvalue weighted by molar-refractivity contribution is -0.109. The van der Waals surface area contributed by atoms with E-state index >= 15 is 0 Å². The Morgan fingerprint density at radius 3 is 2.36 bits per heavy atom. The van der Waals surface area contributed by atoms with Crippen LogP contribution in [0.25, 0.3) is 0 Å². The monoisotopic (exact) mass is 216 g/mol. The summed E-state index contributed by atoms with van der Waals surface area (Å²) in [5, 5.41) is 0. The lowest BCUT2D eigenvalue weighted by atomic mass is 10.2. The second kappa shape index (κ2) is 4.50. The molecule has 0 aliphatic heterocycles. The normalized spacial score (nSPS) is 10.9. The summed E-state index contributed by atoms with van der Waals surface area (Å²) in [5.41, 5.74) is 0.818. The van der Waals surface area contributed by atoms with Crippen molar-refractivity contribution in [2.45, 2.75) is 13.2 Å². The number of nitrogens with one attached hydrogen (secondary N) is 2. The van der Waals surface area contributed by atoms with Gasteiger partial charge in [-0.25, -0.2) is 0 Å². The van der Waals surface area contributed by atoms with Crippen LogP contribution in [0.2, 0.25) is 0 Å². The highest BCUT2D eigenvalue weighted by molar-refractivity contribution is 7.71. The van der Waals surface area contributed by atoms with Gasteiger partial charge in [0.1, 0.15) is 0 Å². The Bertz CT molecular complexity index is 419. The summed E-state index contributed by atoms with van der Waals surface area (Å²) in [6.07, 6.45) is -0.598. The molecule has 1 rings (SSSR count). The van der Waals surface area contributed by atoms with Crippen molar-refractivity contribution in [2.75, 3.05) is 14.2 Å². The van der Waals surface area contributed by atoms with Crippen molar-refractivity contribution in [1.29, 1.82) is 0 Å². The smallest absolute Gasteiger partial charge is 0.255 e. The minimum absolute atomic E-state index is 0.233. The first-order chi connectivity index (χ1) is 6.60. The van der Waals surface area contributed by atoms with Crippen molar-refractivity contribution in [3.05, 3.63) is 26.4 Å². The zero-order valence-corrected chi connectivity index (χ0v) is 9.03. The summed E-state index contributed by atoms with van der Waals surface area (Å²) in [5.74, 6) is 0. The van der Waals surface area contributed by atoms with Gasteiger partial charge in [-0.15, -0.1) is 0 Å². The number of hydrogen-bond acceptors (Lipinski definition) is 4. The molecular formula is C8H12N2O3S. The highest BCUT2D eigenvalue weighted by Gasteiger charge is 2.14. The Morgan fingerprint density at radius 2 is 1.86 bits per heavy atom. The van der Waals surface area contributed by atoms with Gasteiger partial charge in [0.2, 0.25) is 0 Å². The third-order valence-electron chi connectivity index (χ3n) is 1.88. The first-order valence-electron chi connectivity index (χ1n) is 3.98. The van der Waals surface area contributed by atoms with Gasteiger partial charge >= 0.3 is 0 Å². The van der Waals surface area contributed by atoms with Gasteiger partial charge in [0, 0.05) is 19.8 Å². The SMILES string of the molecule is COC(OC)c1[nH]c(=S)[nH]c(=O)c1C. The molecule has 2 N–H and O–H groups in total. The van der Waals surface area contributed by atoms with Gasteiger partial charge in [-0.05, 0) is 19.1 Å². The van der Waals surface area contributed by atoms with E-state index in [0.29, 0.717) is 11.3 Å². The number of aromatic amines is 2. The maximum atomic E-state index is 11.3. The zero-order chi connectivity index (χ0) is 10.7. The molecule has 0 aliphatic rings. The van der Waals surface area contributed by atoms with Crippen LogP contribution in [0, 0.1) is 11.7 Å². The molecule has 6 heteroatoms. The van der Waals surface area contributed by atoms with E-state index in [2.05, 4.69) is 9.97 Å². The molecule has 78 valence electrons. The maximum absolute atomic E-state index is 11.3. The van der Waals surface area contributed by atoms with E-state index in [1.165, 1.54) is 14.2 Å². The number of ether oxygens (including phenoxy) is 2. The number of aromatic nitrogens is 2. The van der Waals surface area contributed by atoms with Crippen LogP contribution >= 0.6 is 12.2 Å². The Balaban J connectivity index is 3.33. The summed E-state index contributed by atoms with van der Waals surface area (Å²) < 4.78 is 10.3. The summed E-state index contributed by atoms with van der Waals surface area (Å²) in [6, 6.07) is 0. The predicted octanol–water partition coefficient (Wildman–Crippen LogP) is 1.03. The molecule has 5 nitrogen and oxygen atoms in total. The Hall–Kier alpha value is -0.980. The number of hydrogen-bond donors (Lipinski definition) is 2. The first-order valence-corrected chi connectivity index (χ1v) is 4.39. The molecule has 0 spiro atoms. The Morgan fingerprint density at radius 1 is 1.29 bits per heavy atom. The molecule has 0 aliphatic carbocycles. The fourth-order valence-electron chi connectivity index (χ4n) is 1.13. The van der Waals surface area contributed by atoms with Crippen molar-refractivity contribution in [1.82, 2.24) is 9.97 Å². The summed E-state index contributed by atoms with van der Waals surface area (Å²) in [4.78, 5) is 16.6. The van der Waals surface area contributed by atoms with Crippen molar-refractivity contribution >= 4 is 12.2 Å². The van der Waals surface area contributed by atoms with Crippen molar-refractivity contribution in [2.24, 2.45) is 0 Å². The van der Waals surface area contributed by atoms with Gasteiger partial charge < -0.3 is 14.5 Å². The fourth-order valence-corrected chi connectivity index (χ4v) is 1.34. The quantitative estimate of drug-likeness (QED) is 0.585. The van der Waals surface area contributed by atoms with Gasteiger partial charge in [-0.3, -0.25) is 9.78 Å². The van der Waals surface area contributed by atoms with Gasteiger partial charge in [0.25, 0.3) is 5.56 Å². The third-order valence-corrected chi connectivity index (χ3v) is 2.09. The van der Waals surface area contributed by atoms with E-state index in [9.17, 15) is 4.79 Å². The van der Waals surface area contributed by atoms with Gasteiger partial charge in [0.05, 0.1) is 5.69 Å². The molecule has 0 radical (unpaired) electrons. The van der Waals surface area contributed by atoms with E-state index < -0.39 is 6.29 Å². The first kappa shape index (κ1) is 11.1. The van der Waals surface area contributed by atoms with Crippen LogP contribution in [-0.4, -0.2) is 24.2 Å². The van der Waals surface area contributed by atoms with E-state index in [1.807, 2.05) is 0 Å². The fraction of sp³-hybridized carbons (Fsp3) is 0.500. The van der Waals surface area contributed by atoms with E-state index in [-0.39, 0.29) is 10.3 Å². The average Bonchev–Trinajstić information content (AvgIpc) is 2.15. The third kappa shape index (κ3) is 2.09. The van der Waals surface area contributed by atoms with Gasteiger partial charge in [-0.2, -0.15) is 0 Å². The van der Waals surface area contributed by atoms with Crippen molar-refractivity contribution in [3.8, 4) is 0 Å². The van der Waals surface area contributed by atoms with Crippen molar-refractivity contribution in [3.63, 3.8) is 0 Å². The van der Waals surface area contributed by atoms with E-state index in [0.717, 1.165) is 0 Å². The second-order valence-electron chi connectivity index (χ2n) is 2.75. The molecule has 0 saturated heterocycles. The molecule has 0 amide bonds. The predicted molar refractivity (Wildman–Crippen MR) is 53.7 cm³/mol. The molecule has 0 atom stereocenters. The molecular weight excluding hydrogens is 204 g/mol. The topological polar surface area (TPSA) is 67.1 Å². The molecule has 0 saturated carbocycles. The number of H-pyrrole nitrogens is 2. The second-order valence-corrected chi connectivity index (χ2v) is 3.16. The number of methoxy groups -OCH3 is 2. The van der Waals surface area contributed by atoms with Gasteiger partial charge in [0.15, 0.2) is 11.1 Å². The van der Waals surface area contributed by atoms with E-state index in [4.69, 9.17) is 21.7 Å². The van der Waals surface area contributed by atoms with Crippen LogP contribution in [0.15, 0.2) is 4.79 Å². The zero-order valence-electron chi connectivity index (χ0n) is 8.21. The average molecular weight is 216 g/mol. The molecule has 1 aromatic rings. The minimum Gasteiger partial charge on any atom is -0.350 e. The van der Waals surface area contributed by atoms with Gasteiger partial charge in [-0.1, -0.05) is 0 Å². The maximum Gasteiger partial charge on any atom is 0.255 e. The molecule has 0 fully saturated rings. The molecule has 1 heterocycles. The molecule has 0 bridgehead atoms. The van der Waals surface area contributed by atoms with Crippen LogP contribution in [0.4, 0.5) is 0 Å². The molecule has 14 heavy (non-hydrogen) atoms. The van der Waals surface area contributed by atoms with Crippen LogP contribution < -0.4 is 5.56 Å². The van der Waals surface area contributed by atoms with Crippen LogP contribution in [0.5, 0.6) is 0 Å². The lowest BCUT2D eigenvalue weighted by Crippen LogP contribution is -2.18. The minimum atomic E-state index is -0.598. The van der Waals surface area contributed by atoms with Crippen molar-refractivity contribution < 1.29 is 9.47 Å². The van der Waals surface area contributed by atoms with Crippen LogP contribution in [0.3, 0.4) is 0 Å². The summed E-state index contributed by atoms with van der Waals surface area (Å²) in [7, 11) is 2.98. The highest BCUT2D eigenvalue weighted by atomic mass is 32.1. The Kier molecular flexibility index (Phi) is 3.56.